The van der Waals surface area contributed by atoms with E-state index in [2.05, 4.69) is 78.6 Å². The van der Waals surface area contributed by atoms with Gasteiger partial charge in [0.05, 0.1) is 11.0 Å². The summed E-state index contributed by atoms with van der Waals surface area (Å²) in [5, 5.41) is 0. The van der Waals surface area contributed by atoms with Gasteiger partial charge in [-0.25, -0.2) is 4.98 Å². The Bertz CT molecular complexity index is 1180. The smallest absolute Gasteiger partial charge is 0.253 e. The molecule has 0 aliphatic carbocycles. The average Bonchev–Trinajstić information content (AvgIpc) is 3.30. The van der Waals surface area contributed by atoms with E-state index in [4.69, 9.17) is 4.98 Å². The van der Waals surface area contributed by atoms with Gasteiger partial charge in [-0.2, -0.15) is 0 Å². The van der Waals surface area contributed by atoms with Crippen LogP contribution in [-0.2, 0) is 6.54 Å². The first kappa shape index (κ1) is 29.7. The fourth-order valence-electron chi connectivity index (χ4n) is 5.40. The maximum atomic E-state index is 13.8. The predicted molar refractivity (Wildman–Crippen MR) is 167 cm³/mol. The Kier molecular flexibility index (Phi) is 10.9. The second-order valence-electron chi connectivity index (χ2n) is 11.9. The van der Waals surface area contributed by atoms with Crippen LogP contribution in [0.3, 0.4) is 0 Å². The Morgan fingerprint density at radius 3 is 2.21 bits per heavy atom. The molecular weight excluding hydrogens is 500 g/mol. The van der Waals surface area contributed by atoms with Crippen molar-refractivity contribution in [2.75, 3.05) is 39.0 Å². The van der Waals surface area contributed by atoms with Crippen molar-refractivity contribution in [3.8, 4) is 11.4 Å². The molecule has 0 N–H and O–H groups in total. The SMILES string of the molecule is CSc1ccc(-c2nc3ccc(C(=O)N(CCC(C)C)CCC(C)C)cc3n2CCCN2CCCCC2)cc1. The van der Waals surface area contributed by atoms with Crippen molar-refractivity contribution < 1.29 is 4.79 Å². The van der Waals surface area contributed by atoms with Gasteiger partial charge in [0, 0.05) is 35.7 Å². The summed E-state index contributed by atoms with van der Waals surface area (Å²) in [7, 11) is 0. The largest absolute Gasteiger partial charge is 0.339 e. The van der Waals surface area contributed by atoms with Crippen LogP contribution in [0.5, 0.6) is 0 Å². The molecule has 2 heterocycles. The number of hydrogen-bond donors (Lipinski definition) is 0. The monoisotopic (exact) mass is 548 g/mol. The Hall–Kier alpha value is -2.31. The van der Waals surface area contributed by atoms with Crippen molar-refractivity contribution in [1.82, 2.24) is 19.4 Å². The molecular formula is C33H48N4OS. The van der Waals surface area contributed by atoms with Crippen LogP contribution in [0.25, 0.3) is 22.4 Å². The molecule has 1 amide bonds. The lowest BCUT2D eigenvalue weighted by Gasteiger charge is -2.26. The third kappa shape index (κ3) is 8.11. The molecule has 1 aliphatic heterocycles. The van der Waals surface area contributed by atoms with Crippen molar-refractivity contribution in [2.45, 2.75) is 77.7 Å². The molecule has 2 aromatic carbocycles. The number of piperidine rings is 1. The fourth-order valence-corrected chi connectivity index (χ4v) is 5.81. The van der Waals surface area contributed by atoms with Crippen LogP contribution < -0.4 is 0 Å². The van der Waals surface area contributed by atoms with E-state index in [1.807, 2.05) is 12.1 Å². The van der Waals surface area contributed by atoms with E-state index in [9.17, 15) is 4.79 Å². The Balaban J connectivity index is 1.64. The number of likely N-dealkylation sites (tertiary alicyclic amines) is 1. The van der Waals surface area contributed by atoms with Gasteiger partial charge in [0.2, 0.25) is 0 Å². The first-order valence-electron chi connectivity index (χ1n) is 15.0. The van der Waals surface area contributed by atoms with Crippen LogP contribution in [0.2, 0.25) is 0 Å². The van der Waals surface area contributed by atoms with Crippen LogP contribution in [0, 0.1) is 11.8 Å². The highest BCUT2D eigenvalue weighted by atomic mass is 32.2. The van der Waals surface area contributed by atoms with E-state index in [-0.39, 0.29) is 5.91 Å². The third-order valence-electron chi connectivity index (χ3n) is 7.89. The van der Waals surface area contributed by atoms with Crippen LogP contribution in [0.4, 0.5) is 0 Å². The molecule has 212 valence electrons. The van der Waals surface area contributed by atoms with E-state index in [1.54, 1.807) is 11.8 Å². The van der Waals surface area contributed by atoms with Gasteiger partial charge in [0.1, 0.15) is 5.82 Å². The van der Waals surface area contributed by atoms with Crippen LogP contribution in [-0.4, -0.2) is 64.2 Å². The molecule has 0 unspecified atom stereocenters. The molecule has 3 aromatic rings. The maximum Gasteiger partial charge on any atom is 0.253 e. The zero-order chi connectivity index (χ0) is 27.8. The number of carbonyl (C=O) groups excluding carboxylic acids is 1. The second-order valence-corrected chi connectivity index (χ2v) is 12.8. The minimum Gasteiger partial charge on any atom is -0.339 e. The summed E-state index contributed by atoms with van der Waals surface area (Å²) in [4.78, 5) is 24.8. The summed E-state index contributed by atoms with van der Waals surface area (Å²) in [5.74, 6) is 2.29. The summed E-state index contributed by atoms with van der Waals surface area (Å²) in [5.41, 5.74) is 3.93. The molecule has 0 spiro atoms. The number of carbonyl (C=O) groups is 1. The number of amides is 1. The van der Waals surface area contributed by atoms with E-state index in [1.165, 1.54) is 37.2 Å². The molecule has 0 radical (unpaired) electrons. The standard InChI is InChI=1S/C33H48N4OS/c1-25(2)16-22-36(23-17-26(3)4)33(38)28-12-15-30-31(24-28)37(21-9-20-35-18-7-6-8-19-35)32(34-30)27-10-13-29(39-5)14-11-27/h10-15,24-26H,6-9,16-23H2,1-5H3. The number of rotatable bonds is 13. The molecule has 0 bridgehead atoms. The number of hydrogen-bond acceptors (Lipinski definition) is 4. The van der Waals surface area contributed by atoms with Crippen molar-refractivity contribution >= 4 is 28.7 Å². The number of nitrogens with zero attached hydrogens (tertiary/aromatic N) is 4. The number of aryl methyl sites for hydroxylation is 1. The molecule has 39 heavy (non-hydrogen) atoms. The highest BCUT2D eigenvalue weighted by Crippen LogP contribution is 2.28. The summed E-state index contributed by atoms with van der Waals surface area (Å²) < 4.78 is 2.36. The van der Waals surface area contributed by atoms with Gasteiger partial charge in [-0.15, -0.1) is 11.8 Å². The number of aromatic nitrogens is 2. The summed E-state index contributed by atoms with van der Waals surface area (Å²) in [6, 6.07) is 14.8. The fraction of sp³-hybridized carbons (Fsp3) is 0.576. The van der Waals surface area contributed by atoms with Gasteiger partial charge in [-0.3, -0.25) is 4.79 Å². The lowest BCUT2D eigenvalue weighted by atomic mass is 10.1. The highest BCUT2D eigenvalue weighted by Gasteiger charge is 2.20. The molecule has 4 rings (SSSR count). The minimum absolute atomic E-state index is 0.144. The van der Waals surface area contributed by atoms with Gasteiger partial charge in [-0.1, -0.05) is 46.2 Å². The third-order valence-corrected chi connectivity index (χ3v) is 8.63. The molecule has 1 aliphatic rings. The summed E-state index contributed by atoms with van der Waals surface area (Å²) in [6.45, 7) is 15.0. The van der Waals surface area contributed by atoms with E-state index >= 15 is 0 Å². The molecule has 0 atom stereocenters. The number of benzene rings is 2. The molecule has 1 saturated heterocycles. The minimum atomic E-state index is 0.144. The van der Waals surface area contributed by atoms with Gasteiger partial charge in [0.15, 0.2) is 0 Å². The number of imidazole rings is 1. The molecule has 6 heteroatoms. The predicted octanol–water partition coefficient (Wildman–Crippen LogP) is 7.84. The van der Waals surface area contributed by atoms with Crippen LogP contribution in [0.1, 0.15) is 76.6 Å². The van der Waals surface area contributed by atoms with Crippen molar-refractivity contribution in [1.29, 1.82) is 0 Å². The van der Waals surface area contributed by atoms with Crippen molar-refractivity contribution in [2.24, 2.45) is 11.8 Å². The van der Waals surface area contributed by atoms with E-state index in [0.717, 1.165) is 73.4 Å². The molecule has 1 fully saturated rings. The zero-order valence-electron chi connectivity index (χ0n) is 24.8. The Morgan fingerprint density at radius 1 is 0.923 bits per heavy atom. The van der Waals surface area contributed by atoms with Gasteiger partial charge >= 0.3 is 0 Å². The number of thioether (sulfide) groups is 1. The topological polar surface area (TPSA) is 41.4 Å². The lowest BCUT2D eigenvalue weighted by Crippen LogP contribution is -2.34. The van der Waals surface area contributed by atoms with Crippen molar-refractivity contribution in [3.05, 3.63) is 48.0 Å². The van der Waals surface area contributed by atoms with E-state index in [0.29, 0.717) is 11.8 Å². The average molecular weight is 549 g/mol. The summed E-state index contributed by atoms with van der Waals surface area (Å²) >= 11 is 1.76. The summed E-state index contributed by atoms with van der Waals surface area (Å²) in [6.07, 6.45) is 9.23. The molecule has 0 saturated carbocycles. The van der Waals surface area contributed by atoms with E-state index < -0.39 is 0 Å². The Morgan fingerprint density at radius 2 is 1.59 bits per heavy atom. The maximum absolute atomic E-state index is 13.8. The normalized spacial score (nSPS) is 14.5. The number of fused-ring (bicyclic) bond motifs is 1. The second kappa shape index (κ2) is 14.4. The van der Waals surface area contributed by atoms with Crippen LogP contribution in [0.15, 0.2) is 47.4 Å². The first-order chi connectivity index (χ1) is 18.9. The highest BCUT2D eigenvalue weighted by molar-refractivity contribution is 7.98. The zero-order valence-corrected chi connectivity index (χ0v) is 25.6. The van der Waals surface area contributed by atoms with Crippen LogP contribution >= 0.6 is 11.8 Å². The van der Waals surface area contributed by atoms with Crippen molar-refractivity contribution in [3.63, 3.8) is 0 Å². The molecule has 1 aromatic heterocycles. The molecule has 5 nitrogen and oxygen atoms in total. The first-order valence-corrected chi connectivity index (χ1v) is 16.2. The quantitative estimate of drug-likeness (QED) is 0.204. The lowest BCUT2D eigenvalue weighted by molar-refractivity contribution is 0.0741. The Labute approximate surface area is 240 Å². The van der Waals surface area contributed by atoms with Gasteiger partial charge in [0.25, 0.3) is 5.91 Å². The van der Waals surface area contributed by atoms with Gasteiger partial charge < -0.3 is 14.4 Å². The van der Waals surface area contributed by atoms with Gasteiger partial charge in [-0.05, 0) is 100 Å².